The molecule has 0 radical (unpaired) electrons. The number of nitrogens with one attached hydrogen (secondary N) is 1. The molecule has 0 spiro atoms. The molecule has 2 aromatic rings. The molecule has 20 heavy (non-hydrogen) atoms. The first kappa shape index (κ1) is 14.3. The van der Waals surface area contributed by atoms with Gasteiger partial charge in [0.25, 0.3) is 5.91 Å². The molecule has 0 atom stereocenters. The second-order valence-electron chi connectivity index (χ2n) is 4.17. The fraction of sp³-hybridized carbons (Fsp3) is 0.200. The minimum absolute atomic E-state index is 0.247. The largest absolute Gasteiger partial charge is 0.452 e. The first-order valence-corrected chi connectivity index (χ1v) is 7.20. The minimum Gasteiger partial charge on any atom is -0.452 e. The molecule has 1 heterocycles. The van der Waals surface area contributed by atoms with Gasteiger partial charge < -0.3 is 10.1 Å². The van der Waals surface area contributed by atoms with Crippen LogP contribution < -0.4 is 5.32 Å². The number of hydrogen-bond donors (Lipinski definition) is 1. The van der Waals surface area contributed by atoms with Crippen molar-refractivity contribution in [2.45, 2.75) is 6.42 Å². The average molecular weight is 289 g/mol. The van der Waals surface area contributed by atoms with E-state index in [1.165, 1.54) is 11.3 Å². The van der Waals surface area contributed by atoms with Gasteiger partial charge in [0.05, 0.1) is 5.56 Å². The summed E-state index contributed by atoms with van der Waals surface area (Å²) in [6.45, 7) is 0.280. The van der Waals surface area contributed by atoms with Crippen molar-refractivity contribution in [2.75, 3.05) is 13.2 Å². The monoisotopic (exact) mass is 289 g/mol. The average Bonchev–Trinajstić information content (AvgIpc) is 3.00. The van der Waals surface area contributed by atoms with Gasteiger partial charge in [0, 0.05) is 11.9 Å². The van der Waals surface area contributed by atoms with E-state index in [-0.39, 0.29) is 12.5 Å². The number of amides is 1. The maximum atomic E-state index is 11.5. The summed E-state index contributed by atoms with van der Waals surface area (Å²) in [6.07, 6.45) is 0.755. The molecule has 0 saturated heterocycles. The third-order valence-electron chi connectivity index (χ3n) is 2.67. The zero-order valence-electron chi connectivity index (χ0n) is 10.9. The van der Waals surface area contributed by atoms with Gasteiger partial charge in [-0.1, -0.05) is 30.3 Å². The lowest BCUT2D eigenvalue weighted by atomic mass is 10.1. The highest BCUT2D eigenvalue weighted by Crippen LogP contribution is 2.07. The van der Waals surface area contributed by atoms with Crippen LogP contribution in [-0.2, 0) is 16.0 Å². The summed E-state index contributed by atoms with van der Waals surface area (Å²) >= 11 is 1.41. The molecule has 0 aliphatic heterocycles. The Hall–Kier alpha value is -2.14. The molecule has 0 saturated carbocycles. The molecule has 0 unspecified atom stereocenters. The number of hydrogen-bond acceptors (Lipinski definition) is 4. The maximum absolute atomic E-state index is 11.5. The number of thiophene rings is 1. The van der Waals surface area contributed by atoms with E-state index < -0.39 is 5.97 Å². The summed E-state index contributed by atoms with van der Waals surface area (Å²) in [6, 6.07) is 11.5. The van der Waals surface area contributed by atoms with Crippen molar-refractivity contribution in [1.29, 1.82) is 0 Å². The summed E-state index contributed by atoms with van der Waals surface area (Å²) in [5.74, 6) is -0.756. The highest BCUT2D eigenvalue weighted by atomic mass is 32.1. The van der Waals surface area contributed by atoms with Gasteiger partial charge in [-0.25, -0.2) is 4.79 Å². The van der Waals surface area contributed by atoms with Crippen LogP contribution in [0, 0.1) is 0 Å². The molecule has 1 N–H and O–H groups in total. The molecule has 104 valence electrons. The van der Waals surface area contributed by atoms with Crippen molar-refractivity contribution >= 4 is 23.2 Å². The SMILES string of the molecule is O=C(COC(=O)c1ccsc1)NCCc1ccccc1. The lowest BCUT2D eigenvalue weighted by Crippen LogP contribution is -2.30. The number of carbonyl (C=O) groups excluding carboxylic acids is 2. The Kier molecular flexibility index (Phi) is 5.32. The molecular formula is C15H15NO3S. The summed E-state index contributed by atoms with van der Waals surface area (Å²) in [5.41, 5.74) is 1.63. The zero-order chi connectivity index (χ0) is 14.2. The van der Waals surface area contributed by atoms with Crippen molar-refractivity contribution in [3.63, 3.8) is 0 Å². The van der Waals surface area contributed by atoms with Gasteiger partial charge in [0.2, 0.25) is 0 Å². The van der Waals surface area contributed by atoms with E-state index in [1.807, 2.05) is 30.3 Å². The number of carbonyl (C=O) groups is 2. The summed E-state index contributed by atoms with van der Waals surface area (Å²) < 4.78 is 4.91. The Morgan fingerprint density at radius 1 is 1.15 bits per heavy atom. The van der Waals surface area contributed by atoms with Gasteiger partial charge in [-0.2, -0.15) is 11.3 Å². The van der Waals surface area contributed by atoms with E-state index >= 15 is 0 Å². The topological polar surface area (TPSA) is 55.4 Å². The fourth-order valence-corrected chi connectivity index (χ4v) is 2.26. The normalized spacial score (nSPS) is 10.0. The van der Waals surface area contributed by atoms with E-state index in [2.05, 4.69) is 5.32 Å². The van der Waals surface area contributed by atoms with Gasteiger partial charge >= 0.3 is 5.97 Å². The van der Waals surface area contributed by atoms with Crippen molar-refractivity contribution < 1.29 is 14.3 Å². The van der Waals surface area contributed by atoms with Crippen molar-refractivity contribution in [3.05, 3.63) is 58.3 Å². The van der Waals surface area contributed by atoms with Crippen LogP contribution >= 0.6 is 11.3 Å². The molecule has 4 nitrogen and oxygen atoms in total. The first-order chi connectivity index (χ1) is 9.75. The number of rotatable bonds is 6. The Labute approximate surface area is 121 Å². The molecule has 0 aliphatic carbocycles. The highest BCUT2D eigenvalue weighted by Gasteiger charge is 2.09. The Bertz CT molecular complexity index is 552. The quantitative estimate of drug-likeness (QED) is 0.830. The lowest BCUT2D eigenvalue weighted by molar-refractivity contribution is -0.124. The smallest absolute Gasteiger partial charge is 0.339 e. The summed E-state index contributed by atoms with van der Waals surface area (Å²) in [5, 5.41) is 6.20. The second-order valence-corrected chi connectivity index (χ2v) is 4.95. The van der Waals surface area contributed by atoms with Crippen LogP contribution in [0.3, 0.4) is 0 Å². The van der Waals surface area contributed by atoms with E-state index in [4.69, 9.17) is 4.74 Å². The fourth-order valence-electron chi connectivity index (χ4n) is 1.64. The van der Waals surface area contributed by atoms with Crippen LogP contribution in [0.15, 0.2) is 47.2 Å². The van der Waals surface area contributed by atoms with Crippen LogP contribution in [0.5, 0.6) is 0 Å². The van der Waals surface area contributed by atoms with E-state index in [1.54, 1.807) is 16.8 Å². The lowest BCUT2D eigenvalue weighted by Gasteiger charge is -2.06. The van der Waals surface area contributed by atoms with Gasteiger partial charge in [-0.15, -0.1) is 0 Å². The van der Waals surface area contributed by atoms with E-state index in [0.29, 0.717) is 12.1 Å². The van der Waals surface area contributed by atoms with Crippen LogP contribution in [-0.4, -0.2) is 25.0 Å². The van der Waals surface area contributed by atoms with Crippen LogP contribution in [0.1, 0.15) is 15.9 Å². The predicted molar refractivity (Wildman–Crippen MR) is 77.8 cm³/mol. The predicted octanol–water partition coefficient (Wildman–Crippen LogP) is 2.26. The molecular weight excluding hydrogens is 274 g/mol. The van der Waals surface area contributed by atoms with Gasteiger partial charge in [-0.3, -0.25) is 4.79 Å². The zero-order valence-corrected chi connectivity index (χ0v) is 11.7. The van der Waals surface area contributed by atoms with Crippen molar-refractivity contribution in [1.82, 2.24) is 5.32 Å². The molecule has 1 amide bonds. The molecule has 1 aromatic heterocycles. The van der Waals surface area contributed by atoms with Crippen LogP contribution in [0.25, 0.3) is 0 Å². The molecule has 2 rings (SSSR count). The third kappa shape index (κ3) is 4.51. The molecule has 1 aromatic carbocycles. The van der Waals surface area contributed by atoms with Crippen LogP contribution in [0.2, 0.25) is 0 Å². The van der Waals surface area contributed by atoms with Crippen molar-refractivity contribution in [2.24, 2.45) is 0 Å². The maximum Gasteiger partial charge on any atom is 0.339 e. The van der Waals surface area contributed by atoms with Gasteiger partial charge in [0.15, 0.2) is 6.61 Å². The molecule has 5 heteroatoms. The van der Waals surface area contributed by atoms with E-state index in [9.17, 15) is 9.59 Å². The minimum atomic E-state index is -0.468. The molecule has 0 bridgehead atoms. The van der Waals surface area contributed by atoms with Gasteiger partial charge in [-0.05, 0) is 23.4 Å². The highest BCUT2D eigenvalue weighted by molar-refractivity contribution is 7.08. The van der Waals surface area contributed by atoms with Gasteiger partial charge in [0.1, 0.15) is 0 Å². The second kappa shape index (κ2) is 7.45. The molecule has 0 aliphatic rings. The number of ether oxygens (including phenoxy) is 1. The van der Waals surface area contributed by atoms with Crippen molar-refractivity contribution in [3.8, 4) is 0 Å². The first-order valence-electron chi connectivity index (χ1n) is 6.25. The number of benzene rings is 1. The summed E-state index contributed by atoms with van der Waals surface area (Å²) in [7, 11) is 0. The Balaban J connectivity index is 1.65. The summed E-state index contributed by atoms with van der Waals surface area (Å²) in [4.78, 5) is 23.0. The Morgan fingerprint density at radius 3 is 2.65 bits per heavy atom. The van der Waals surface area contributed by atoms with E-state index in [0.717, 1.165) is 12.0 Å². The Morgan fingerprint density at radius 2 is 1.95 bits per heavy atom. The number of esters is 1. The standard InChI is InChI=1S/C15H15NO3S/c17-14(10-19-15(18)13-7-9-20-11-13)16-8-6-12-4-2-1-3-5-12/h1-5,7,9,11H,6,8,10H2,(H,16,17). The molecule has 0 fully saturated rings. The van der Waals surface area contributed by atoms with Crippen LogP contribution in [0.4, 0.5) is 0 Å². The third-order valence-corrected chi connectivity index (χ3v) is 3.35.